The molecule has 38 heavy (non-hydrogen) atoms. The number of carboxylic acids is 3. The summed E-state index contributed by atoms with van der Waals surface area (Å²) in [4.78, 5) is 52.0. The molecule has 0 radical (unpaired) electrons. The molecule has 4 fully saturated rings. The van der Waals surface area contributed by atoms with E-state index < -0.39 is 57.4 Å². The summed E-state index contributed by atoms with van der Waals surface area (Å²) in [5.41, 5.74) is -8.22. The molecule has 1 spiro atoms. The molecule has 4 aliphatic carbocycles. The number of aliphatic hydroxyl groups excluding tert-OH is 1. The highest BCUT2D eigenvalue weighted by atomic mass is 16.4. The molecule has 0 saturated heterocycles. The second-order valence-corrected chi connectivity index (χ2v) is 12.0. The van der Waals surface area contributed by atoms with Crippen molar-refractivity contribution in [3.63, 3.8) is 0 Å². The van der Waals surface area contributed by atoms with Crippen molar-refractivity contribution in [1.29, 1.82) is 0 Å². The molecule has 12 heteroatoms. The highest BCUT2D eigenvalue weighted by Crippen LogP contribution is 2.74. The van der Waals surface area contributed by atoms with Crippen LogP contribution < -0.4 is 0 Å². The van der Waals surface area contributed by atoms with E-state index in [-0.39, 0.29) is 30.5 Å². The van der Waals surface area contributed by atoms with E-state index in [0.29, 0.717) is 12.8 Å². The first kappa shape index (κ1) is 33.6. The number of aliphatic carboxylic acids is 3. The molecule has 4 saturated carbocycles. The molecule has 4 aliphatic rings. The van der Waals surface area contributed by atoms with Crippen molar-refractivity contribution in [2.75, 3.05) is 0 Å². The smallest absolute Gasteiger partial charge is 0.300 e. The summed E-state index contributed by atoms with van der Waals surface area (Å²) < 4.78 is 0. The van der Waals surface area contributed by atoms with Gasteiger partial charge in [0.1, 0.15) is 17.3 Å². The SMILES string of the molecule is CC(=O)O.CC(=O)O.CC(=O)O.CC1(C)CCC[C@]2(C)[C@@H]1CC[C@@]13C[C@](O)(C=O)[C@@](O)(C1)[C@@H](O)C(=O)[C@]32O. The van der Waals surface area contributed by atoms with Crippen molar-refractivity contribution in [3.05, 3.63) is 0 Å². The van der Waals surface area contributed by atoms with Gasteiger partial charge in [-0.3, -0.25) is 19.2 Å². The summed E-state index contributed by atoms with van der Waals surface area (Å²) in [7, 11) is 0. The highest BCUT2D eigenvalue weighted by Gasteiger charge is 2.83. The van der Waals surface area contributed by atoms with Crippen LogP contribution in [0.4, 0.5) is 0 Å². The fourth-order valence-electron chi connectivity index (χ4n) is 7.74. The van der Waals surface area contributed by atoms with Crippen LogP contribution in [-0.4, -0.2) is 88.6 Å². The van der Waals surface area contributed by atoms with Gasteiger partial charge in [-0.2, -0.15) is 0 Å². The minimum atomic E-state index is -2.23. The number of carboxylic acid groups (broad SMARTS) is 3. The van der Waals surface area contributed by atoms with E-state index >= 15 is 0 Å². The van der Waals surface area contributed by atoms with Gasteiger partial charge in [0, 0.05) is 31.6 Å². The van der Waals surface area contributed by atoms with Crippen LogP contribution in [0.25, 0.3) is 0 Å². The molecule has 4 rings (SSSR count). The normalized spacial score (nSPS) is 41.7. The van der Waals surface area contributed by atoms with E-state index in [1.54, 1.807) is 0 Å². The summed E-state index contributed by atoms with van der Waals surface area (Å²) in [6.07, 6.45) is 1.67. The van der Waals surface area contributed by atoms with Crippen LogP contribution in [0, 0.1) is 22.2 Å². The van der Waals surface area contributed by atoms with E-state index in [9.17, 15) is 30.0 Å². The van der Waals surface area contributed by atoms with Crippen LogP contribution in [0.2, 0.25) is 0 Å². The second-order valence-electron chi connectivity index (χ2n) is 12.0. The van der Waals surface area contributed by atoms with Gasteiger partial charge in [-0.05, 0) is 49.9 Å². The van der Waals surface area contributed by atoms with Crippen molar-refractivity contribution in [2.45, 2.75) is 109 Å². The second kappa shape index (κ2) is 11.0. The molecule has 12 nitrogen and oxygen atoms in total. The third-order valence-corrected chi connectivity index (χ3v) is 8.95. The van der Waals surface area contributed by atoms with Gasteiger partial charge in [-0.15, -0.1) is 0 Å². The van der Waals surface area contributed by atoms with Gasteiger partial charge in [0.15, 0.2) is 17.7 Å². The molecule has 0 aromatic rings. The summed E-state index contributed by atoms with van der Waals surface area (Å²) in [6.45, 7) is 9.49. The van der Waals surface area contributed by atoms with Crippen molar-refractivity contribution in [3.8, 4) is 0 Å². The number of hydrogen-bond acceptors (Lipinski definition) is 9. The van der Waals surface area contributed by atoms with Crippen LogP contribution in [0.15, 0.2) is 0 Å². The Balaban J connectivity index is 0.000000509. The first-order chi connectivity index (χ1) is 17.0. The van der Waals surface area contributed by atoms with Crippen LogP contribution in [-0.2, 0) is 24.0 Å². The fourth-order valence-corrected chi connectivity index (χ4v) is 7.74. The van der Waals surface area contributed by atoms with Gasteiger partial charge in [-0.25, -0.2) is 0 Å². The first-order valence-corrected chi connectivity index (χ1v) is 12.5. The van der Waals surface area contributed by atoms with E-state index in [1.807, 2.05) is 6.92 Å². The van der Waals surface area contributed by atoms with Crippen LogP contribution in [0.5, 0.6) is 0 Å². The Morgan fingerprint density at radius 2 is 1.29 bits per heavy atom. The number of hydrogen-bond donors (Lipinski definition) is 7. The first-order valence-electron chi connectivity index (χ1n) is 12.5. The standard InChI is InChI=1S/C20H30O6.3C2H4O2/c1-15(2)6-4-7-16(3)12(15)5-8-17-9-18(24,11-21)19(25,10-17)13(22)14(23)20(16,17)26;3*1-2(3)4/h11-13,22,24-26H,4-10H2,1-3H3;3*1H3,(H,3,4)/t12-,13+,16-,17-,18+,19-,20-;;;/m1.../s1. The molecule has 0 aromatic carbocycles. The van der Waals surface area contributed by atoms with E-state index in [2.05, 4.69) is 13.8 Å². The maximum absolute atomic E-state index is 13.3. The van der Waals surface area contributed by atoms with Crippen molar-refractivity contribution < 1.29 is 59.7 Å². The molecule has 0 heterocycles. The van der Waals surface area contributed by atoms with Crippen molar-refractivity contribution in [1.82, 2.24) is 0 Å². The number of fused-ring (bicyclic) bond motifs is 3. The average Bonchev–Trinajstić information content (AvgIpc) is 2.95. The minimum Gasteiger partial charge on any atom is -0.481 e. The zero-order valence-corrected chi connectivity index (χ0v) is 22.9. The molecule has 218 valence electrons. The Bertz CT molecular complexity index is 921. The van der Waals surface area contributed by atoms with Crippen LogP contribution >= 0.6 is 0 Å². The molecule has 0 aliphatic heterocycles. The Labute approximate surface area is 221 Å². The number of aldehydes is 1. The van der Waals surface area contributed by atoms with Gasteiger partial charge in [0.25, 0.3) is 17.9 Å². The predicted octanol–water partition coefficient (Wildman–Crippen LogP) is 1.00. The lowest BCUT2D eigenvalue weighted by Crippen LogP contribution is -2.76. The third kappa shape index (κ3) is 5.36. The summed E-state index contributed by atoms with van der Waals surface area (Å²) in [5, 5.41) is 66.6. The lowest BCUT2D eigenvalue weighted by molar-refractivity contribution is -0.264. The fraction of sp³-hybridized carbons (Fsp3) is 0.808. The molecular weight excluding hydrogens is 504 g/mol. The molecule has 0 amide bonds. The third-order valence-electron chi connectivity index (χ3n) is 8.95. The van der Waals surface area contributed by atoms with Crippen molar-refractivity contribution in [2.24, 2.45) is 22.2 Å². The van der Waals surface area contributed by atoms with Crippen LogP contribution in [0.1, 0.15) is 86.5 Å². The lowest BCUT2D eigenvalue weighted by atomic mass is 9.38. The van der Waals surface area contributed by atoms with Gasteiger partial charge < -0.3 is 40.5 Å². The van der Waals surface area contributed by atoms with Crippen LogP contribution in [0.3, 0.4) is 0 Å². The Kier molecular flexibility index (Phi) is 9.72. The Hall–Kier alpha value is -2.41. The number of carbonyl (C=O) groups excluding carboxylic acids is 2. The average molecular weight is 547 g/mol. The molecule has 7 atom stereocenters. The molecular formula is C26H42O12. The molecule has 2 bridgehead atoms. The topological polar surface area (TPSA) is 227 Å². The van der Waals surface area contributed by atoms with Gasteiger partial charge in [0.05, 0.1) is 0 Å². The Morgan fingerprint density at radius 1 is 0.842 bits per heavy atom. The van der Waals surface area contributed by atoms with E-state index in [4.69, 9.17) is 29.7 Å². The van der Waals surface area contributed by atoms with Gasteiger partial charge in [0.2, 0.25) is 0 Å². The van der Waals surface area contributed by atoms with Gasteiger partial charge >= 0.3 is 0 Å². The largest absolute Gasteiger partial charge is 0.481 e. The number of ketones is 1. The number of Topliss-reactive ketones (excluding diaryl/α,β-unsaturated/α-hetero) is 1. The summed E-state index contributed by atoms with van der Waals surface area (Å²) >= 11 is 0. The minimum absolute atomic E-state index is 0.0527. The quantitative estimate of drug-likeness (QED) is 0.229. The Morgan fingerprint density at radius 3 is 1.71 bits per heavy atom. The lowest BCUT2D eigenvalue weighted by Gasteiger charge is -2.67. The van der Waals surface area contributed by atoms with E-state index in [0.717, 1.165) is 40.0 Å². The predicted molar refractivity (Wildman–Crippen MR) is 132 cm³/mol. The van der Waals surface area contributed by atoms with E-state index in [1.165, 1.54) is 0 Å². The zero-order chi connectivity index (χ0) is 30.1. The molecule has 7 N–H and O–H groups in total. The summed E-state index contributed by atoms with van der Waals surface area (Å²) in [5.74, 6) is -3.24. The number of aliphatic hydroxyl groups is 4. The number of carbonyl (C=O) groups is 5. The zero-order valence-electron chi connectivity index (χ0n) is 22.9. The van der Waals surface area contributed by atoms with Crippen molar-refractivity contribution >= 4 is 30.0 Å². The monoisotopic (exact) mass is 546 g/mol. The summed E-state index contributed by atoms with van der Waals surface area (Å²) in [6, 6.07) is 0. The maximum Gasteiger partial charge on any atom is 0.300 e. The molecule has 0 unspecified atom stereocenters. The maximum atomic E-state index is 13.3. The molecule has 0 aromatic heterocycles. The highest BCUT2D eigenvalue weighted by molar-refractivity contribution is 5.97. The number of rotatable bonds is 1. The van der Waals surface area contributed by atoms with Gasteiger partial charge in [-0.1, -0.05) is 27.2 Å².